The molecule has 6 rings (SSSR count). The fraction of sp³-hybridized carbons (Fsp3) is 0.273. The van der Waals surface area contributed by atoms with E-state index in [2.05, 4.69) is 30.3 Å². The van der Waals surface area contributed by atoms with Crippen molar-refractivity contribution in [2.75, 3.05) is 5.32 Å². The molecule has 0 unspecified atom stereocenters. The number of nitrogens with zero attached hydrogens (tertiary/aromatic N) is 4. The standard InChI is InChI=1S/C22H20FN7O3S/c23-21-16-11-26-34(32,33)19(16)4-3-17(21)27-20-8-18(28-29-20)12-1-2-14(7-12)30-22(31)15-5-6-24-9-13(15)10-25-30/h3-6,8-10,12,14,26H,1-2,7,11H2,(H2,27,28,29)/t12-,14+/m1/s1. The van der Waals surface area contributed by atoms with Crippen molar-refractivity contribution in [2.45, 2.75) is 42.7 Å². The summed E-state index contributed by atoms with van der Waals surface area (Å²) >= 11 is 0. The highest BCUT2D eigenvalue weighted by molar-refractivity contribution is 7.89. The number of halogens is 1. The van der Waals surface area contributed by atoms with Gasteiger partial charge < -0.3 is 5.32 Å². The van der Waals surface area contributed by atoms with Crippen molar-refractivity contribution < 1.29 is 12.8 Å². The lowest BCUT2D eigenvalue weighted by molar-refractivity contribution is 0.441. The number of aromatic amines is 1. The first-order valence-electron chi connectivity index (χ1n) is 10.9. The van der Waals surface area contributed by atoms with Crippen LogP contribution in [0.1, 0.15) is 42.5 Å². The van der Waals surface area contributed by atoms with Crippen molar-refractivity contribution in [3.05, 3.63) is 70.3 Å². The van der Waals surface area contributed by atoms with Crippen LogP contribution in [0.25, 0.3) is 10.8 Å². The van der Waals surface area contributed by atoms with Gasteiger partial charge in [-0.05, 0) is 37.5 Å². The molecular formula is C22H20FN7O3S. The Hall–Kier alpha value is -3.64. The third-order valence-corrected chi connectivity index (χ3v) is 8.08. The first-order valence-corrected chi connectivity index (χ1v) is 12.3. The Morgan fingerprint density at radius 3 is 2.94 bits per heavy atom. The van der Waals surface area contributed by atoms with Crippen LogP contribution in [0.15, 0.2) is 52.5 Å². The summed E-state index contributed by atoms with van der Waals surface area (Å²) in [5, 5.41) is 15.9. The second-order valence-electron chi connectivity index (χ2n) is 8.58. The molecule has 0 radical (unpaired) electrons. The van der Waals surface area contributed by atoms with E-state index in [1.54, 1.807) is 29.3 Å². The monoisotopic (exact) mass is 481 g/mol. The van der Waals surface area contributed by atoms with E-state index in [0.29, 0.717) is 11.2 Å². The minimum atomic E-state index is -3.64. The topological polar surface area (TPSA) is 135 Å². The summed E-state index contributed by atoms with van der Waals surface area (Å²) in [6.07, 6.45) is 7.28. The zero-order valence-electron chi connectivity index (χ0n) is 17.8. The summed E-state index contributed by atoms with van der Waals surface area (Å²) in [6.45, 7) is -0.0764. The molecule has 3 aromatic heterocycles. The van der Waals surface area contributed by atoms with Crippen LogP contribution in [0.5, 0.6) is 0 Å². The third-order valence-electron chi connectivity index (χ3n) is 6.59. The summed E-state index contributed by atoms with van der Waals surface area (Å²) < 4.78 is 42.5. The molecule has 4 aromatic rings. The van der Waals surface area contributed by atoms with Gasteiger partial charge in [-0.2, -0.15) is 10.2 Å². The molecule has 0 amide bonds. The van der Waals surface area contributed by atoms with Crippen molar-refractivity contribution in [2.24, 2.45) is 0 Å². The predicted octanol–water partition coefficient (Wildman–Crippen LogP) is 2.70. The van der Waals surface area contributed by atoms with E-state index in [-0.39, 0.29) is 40.2 Å². The van der Waals surface area contributed by atoms with Gasteiger partial charge in [-0.25, -0.2) is 22.2 Å². The lowest BCUT2D eigenvalue weighted by Gasteiger charge is -2.13. The van der Waals surface area contributed by atoms with Crippen LogP contribution in [-0.2, 0) is 16.6 Å². The summed E-state index contributed by atoms with van der Waals surface area (Å²) in [4.78, 5) is 16.9. The van der Waals surface area contributed by atoms with Gasteiger partial charge in [0.2, 0.25) is 10.0 Å². The van der Waals surface area contributed by atoms with Crippen LogP contribution in [-0.4, -0.2) is 33.4 Å². The summed E-state index contributed by atoms with van der Waals surface area (Å²) in [7, 11) is -3.64. The third kappa shape index (κ3) is 3.37. The van der Waals surface area contributed by atoms with Gasteiger partial charge in [0, 0.05) is 47.6 Å². The maximum Gasteiger partial charge on any atom is 0.274 e. The second-order valence-corrected chi connectivity index (χ2v) is 10.3. The molecule has 10 nitrogen and oxygen atoms in total. The molecule has 12 heteroatoms. The Labute approximate surface area is 193 Å². The van der Waals surface area contributed by atoms with Crippen LogP contribution in [0, 0.1) is 5.82 Å². The number of hydrogen-bond acceptors (Lipinski definition) is 7. The molecular weight excluding hydrogens is 461 g/mol. The van der Waals surface area contributed by atoms with Crippen LogP contribution >= 0.6 is 0 Å². The smallest absolute Gasteiger partial charge is 0.274 e. The molecule has 1 saturated carbocycles. The molecule has 0 spiro atoms. The van der Waals surface area contributed by atoms with Crippen LogP contribution in [0.3, 0.4) is 0 Å². The van der Waals surface area contributed by atoms with E-state index in [1.807, 2.05) is 6.07 Å². The number of anilines is 2. The SMILES string of the molecule is O=c1c2ccncc2cnn1[C@H]1CC[C@@H](c2cc(Nc3ccc4c(c3F)CNS4(=O)=O)n[nH]2)C1. The molecule has 34 heavy (non-hydrogen) atoms. The average Bonchev–Trinajstić information content (AvgIpc) is 3.55. The quantitative estimate of drug-likeness (QED) is 0.408. The zero-order chi connectivity index (χ0) is 23.4. The van der Waals surface area contributed by atoms with Crippen molar-refractivity contribution >= 4 is 32.3 Å². The molecule has 0 bridgehead atoms. The van der Waals surface area contributed by atoms with Crippen LogP contribution in [0.2, 0.25) is 0 Å². The number of benzene rings is 1. The van der Waals surface area contributed by atoms with Gasteiger partial charge in [-0.3, -0.25) is 14.9 Å². The zero-order valence-corrected chi connectivity index (χ0v) is 18.6. The van der Waals surface area contributed by atoms with E-state index in [0.717, 1.165) is 30.3 Å². The highest BCUT2D eigenvalue weighted by atomic mass is 32.2. The van der Waals surface area contributed by atoms with Gasteiger partial charge in [-0.15, -0.1) is 0 Å². The molecule has 1 aliphatic heterocycles. The maximum absolute atomic E-state index is 14.9. The lowest BCUT2D eigenvalue weighted by Crippen LogP contribution is -2.26. The van der Waals surface area contributed by atoms with Gasteiger partial charge in [0.1, 0.15) is 0 Å². The number of H-pyrrole nitrogens is 1. The largest absolute Gasteiger partial charge is 0.336 e. The van der Waals surface area contributed by atoms with E-state index in [1.165, 1.54) is 12.1 Å². The highest BCUT2D eigenvalue weighted by Gasteiger charge is 2.31. The Balaban J connectivity index is 1.20. The first-order chi connectivity index (χ1) is 16.4. The molecule has 3 N–H and O–H groups in total. The van der Waals surface area contributed by atoms with Crippen LogP contribution in [0.4, 0.5) is 15.9 Å². The molecule has 2 aliphatic rings. The second kappa shape index (κ2) is 7.71. The number of hydrogen-bond donors (Lipinski definition) is 3. The Bertz CT molecular complexity index is 1600. The predicted molar refractivity (Wildman–Crippen MR) is 122 cm³/mol. The van der Waals surface area contributed by atoms with Gasteiger partial charge in [-0.1, -0.05) is 0 Å². The molecule has 0 saturated heterocycles. The van der Waals surface area contributed by atoms with Crippen molar-refractivity contribution in [3.8, 4) is 0 Å². The Morgan fingerprint density at radius 1 is 1.18 bits per heavy atom. The van der Waals surface area contributed by atoms with E-state index in [9.17, 15) is 17.6 Å². The number of pyridine rings is 1. The minimum absolute atomic E-state index is 0.0293. The average molecular weight is 482 g/mol. The minimum Gasteiger partial charge on any atom is -0.336 e. The number of nitrogens with one attached hydrogen (secondary N) is 3. The summed E-state index contributed by atoms with van der Waals surface area (Å²) in [6, 6.07) is 6.27. The van der Waals surface area contributed by atoms with Crippen molar-refractivity contribution in [1.29, 1.82) is 0 Å². The maximum atomic E-state index is 14.9. The summed E-state index contributed by atoms with van der Waals surface area (Å²) in [5.74, 6) is -0.0396. The lowest BCUT2D eigenvalue weighted by atomic mass is 10.0. The number of rotatable bonds is 4. The number of sulfonamides is 1. The Kier molecular flexibility index (Phi) is 4.74. The molecule has 1 aromatic carbocycles. The molecule has 2 atom stereocenters. The number of aromatic nitrogens is 5. The van der Waals surface area contributed by atoms with Crippen LogP contribution < -0.4 is 15.6 Å². The first kappa shape index (κ1) is 20.9. The summed E-state index contributed by atoms with van der Waals surface area (Å²) in [5.41, 5.74) is 1.03. The Morgan fingerprint density at radius 2 is 2.06 bits per heavy atom. The van der Waals surface area contributed by atoms with Gasteiger partial charge >= 0.3 is 0 Å². The highest BCUT2D eigenvalue weighted by Crippen LogP contribution is 2.40. The molecule has 174 valence electrons. The molecule has 1 fully saturated rings. The molecule has 4 heterocycles. The fourth-order valence-electron chi connectivity index (χ4n) is 4.84. The molecule has 1 aliphatic carbocycles. The fourth-order valence-corrected chi connectivity index (χ4v) is 6.06. The van der Waals surface area contributed by atoms with Gasteiger partial charge in [0.05, 0.1) is 28.2 Å². The van der Waals surface area contributed by atoms with Crippen molar-refractivity contribution in [1.82, 2.24) is 29.7 Å². The van der Waals surface area contributed by atoms with Gasteiger partial charge in [0.15, 0.2) is 11.6 Å². The van der Waals surface area contributed by atoms with E-state index in [4.69, 9.17) is 0 Å². The number of fused-ring (bicyclic) bond motifs is 2. The van der Waals surface area contributed by atoms with E-state index >= 15 is 0 Å². The normalized spacial score (nSPS) is 21.1. The van der Waals surface area contributed by atoms with Gasteiger partial charge in [0.25, 0.3) is 5.56 Å². The van der Waals surface area contributed by atoms with E-state index < -0.39 is 15.8 Å². The van der Waals surface area contributed by atoms with Crippen molar-refractivity contribution in [3.63, 3.8) is 0 Å².